The van der Waals surface area contributed by atoms with E-state index in [1.807, 2.05) is 0 Å². The van der Waals surface area contributed by atoms with Crippen LogP contribution in [0.25, 0.3) is 0 Å². The molecule has 0 spiro atoms. The lowest BCUT2D eigenvalue weighted by Gasteiger charge is -2.03. The van der Waals surface area contributed by atoms with Crippen molar-refractivity contribution in [3.8, 4) is 0 Å². The van der Waals surface area contributed by atoms with E-state index in [-0.39, 0.29) is 11.7 Å². The third kappa shape index (κ3) is 7.84. The van der Waals surface area contributed by atoms with Gasteiger partial charge in [-0.1, -0.05) is 45.1 Å². The van der Waals surface area contributed by atoms with Crippen LogP contribution in [0.1, 0.15) is 55.8 Å². The number of nitrogens with one attached hydrogen (secondary N) is 1. The summed E-state index contributed by atoms with van der Waals surface area (Å²) in [5, 5.41) is 2.80. The van der Waals surface area contributed by atoms with E-state index in [4.69, 9.17) is 0 Å². The predicted octanol–water partition coefficient (Wildman–Crippen LogP) is 4.95. The second-order valence-electron chi connectivity index (χ2n) is 5.40. The smallest absolute Gasteiger partial charge is 0.244 e. The summed E-state index contributed by atoms with van der Waals surface area (Å²) in [6.45, 7) is 2.85. The molecule has 3 nitrogen and oxygen atoms in total. The predicted molar refractivity (Wildman–Crippen MR) is 101 cm³/mol. The van der Waals surface area contributed by atoms with Gasteiger partial charge in [-0.05, 0) is 40.6 Å². The molecule has 0 aliphatic heterocycles. The van der Waals surface area contributed by atoms with Crippen molar-refractivity contribution in [1.29, 1.82) is 0 Å². The van der Waals surface area contributed by atoms with Gasteiger partial charge in [-0.25, -0.2) is 0 Å². The number of halogens is 1. The van der Waals surface area contributed by atoms with Crippen LogP contribution in [-0.4, -0.2) is 18.2 Å². The van der Waals surface area contributed by atoms with Gasteiger partial charge in [-0.15, -0.1) is 12.6 Å². The fraction of sp³-hybridized carbons (Fsp3) is 0.444. The summed E-state index contributed by atoms with van der Waals surface area (Å²) in [5.41, 5.74) is 0.498. The van der Waals surface area contributed by atoms with Crippen molar-refractivity contribution in [2.24, 2.45) is 0 Å². The number of unbranched alkanes of at least 4 members (excludes halogenated alkanes) is 5. The Bertz CT molecular complexity index is 558. The zero-order valence-corrected chi connectivity index (χ0v) is 16.0. The molecule has 0 aliphatic carbocycles. The average Bonchev–Trinajstić information content (AvgIpc) is 2.54. The maximum Gasteiger partial charge on any atom is 0.244 e. The van der Waals surface area contributed by atoms with Crippen LogP contribution in [0.4, 0.5) is 0 Å². The maximum atomic E-state index is 12.1. The SMILES string of the molecule is CCCCCCCCNC(=O)C=CC(=O)c1cccc(S)c1Br. The van der Waals surface area contributed by atoms with Gasteiger partial charge in [0.05, 0.1) is 0 Å². The number of rotatable bonds is 10. The molecule has 0 radical (unpaired) electrons. The Morgan fingerprint density at radius 3 is 2.57 bits per heavy atom. The maximum absolute atomic E-state index is 12.1. The lowest BCUT2D eigenvalue weighted by atomic mass is 10.1. The molecular formula is C18H24BrNO2S. The summed E-state index contributed by atoms with van der Waals surface area (Å²) < 4.78 is 0.644. The van der Waals surface area contributed by atoms with Crippen molar-refractivity contribution in [3.05, 3.63) is 40.4 Å². The monoisotopic (exact) mass is 397 g/mol. The number of amides is 1. The van der Waals surface area contributed by atoms with Crippen molar-refractivity contribution in [2.45, 2.75) is 50.3 Å². The van der Waals surface area contributed by atoms with Gasteiger partial charge in [0, 0.05) is 27.6 Å². The Labute approximate surface area is 152 Å². The molecule has 0 aliphatic rings. The first-order valence-electron chi connectivity index (χ1n) is 8.04. The molecule has 1 amide bonds. The van der Waals surface area contributed by atoms with Gasteiger partial charge in [0.2, 0.25) is 5.91 Å². The number of hydrogen-bond donors (Lipinski definition) is 2. The Morgan fingerprint density at radius 2 is 1.83 bits per heavy atom. The number of hydrogen-bond acceptors (Lipinski definition) is 3. The van der Waals surface area contributed by atoms with Crippen molar-refractivity contribution >= 4 is 40.2 Å². The highest BCUT2D eigenvalue weighted by molar-refractivity contribution is 9.10. The Morgan fingerprint density at radius 1 is 1.13 bits per heavy atom. The third-order valence-electron chi connectivity index (χ3n) is 3.46. The molecule has 0 fully saturated rings. The first-order chi connectivity index (χ1) is 11.1. The fourth-order valence-corrected chi connectivity index (χ4v) is 2.79. The molecule has 126 valence electrons. The van der Waals surface area contributed by atoms with Gasteiger partial charge < -0.3 is 5.32 Å². The number of carbonyl (C=O) groups excluding carboxylic acids is 2. The quantitative estimate of drug-likeness (QED) is 0.253. The van der Waals surface area contributed by atoms with E-state index >= 15 is 0 Å². The van der Waals surface area contributed by atoms with Crippen molar-refractivity contribution in [2.75, 3.05) is 6.54 Å². The topological polar surface area (TPSA) is 46.2 Å². The van der Waals surface area contributed by atoms with Gasteiger partial charge >= 0.3 is 0 Å². The van der Waals surface area contributed by atoms with Crippen molar-refractivity contribution < 1.29 is 9.59 Å². The van der Waals surface area contributed by atoms with E-state index < -0.39 is 0 Å². The van der Waals surface area contributed by atoms with Crippen LogP contribution in [0.15, 0.2) is 39.7 Å². The summed E-state index contributed by atoms with van der Waals surface area (Å²) in [4.78, 5) is 24.4. The number of carbonyl (C=O) groups is 2. The molecule has 0 saturated heterocycles. The third-order valence-corrected chi connectivity index (χ3v) is 4.99. The molecule has 0 bridgehead atoms. The highest BCUT2D eigenvalue weighted by Crippen LogP contribution is 2.25. The summed E-state index contributed by atoms with van der Waals surface area (Å²) >= 11 is 7.59. The van der Waals surface area contributed by atoms with Crippen LogP contribution in [0.3, 0.4) is 0 Å². The second-order valence-corrected chi connectivity index (χ2v) is 6.67. The standard InChI is InChI=1S/C18H24BrNO2S/c1-2-3-4-5-6-7-13-20-17(22)12-11-15(21)14-9-8-10-16(23)18(14)19/h8-12,23H,2-7,13H2,1H3,(H,20,22). The van der Waals surface area contributed by atoms with Gasteiger partial charge in [-0.2, -0.15) is 0 Å². The Kier molecular flexibility index (Phi) is 9.96. The van der Waals surface area contributed by atoms with E-state index in [0.717, 1.165) is 12.8 Å². The minimum Gasteiger partial charge on any atom is -0.353 e. The summed E-state index contributed by atoms with van der Waals surface area (Å²) in [7, 11) is 0. The molecule has 0 unspecified atom stereocenters. The lowest BCUT2D eigenvalue weighted by Crippen LogP contribution is -2.22. The van der Waals surface area contributed by atoms with Crippen molar-refractivity contribution in [3.63, 3.8) is 0 Å². The lowest BCUT2D eigenvalue weighted by molar-refractivity contribution is -0.116. The number of benzene rings is 1. The summed E-state index contributed by atoms with van der Waals surface area (Å²) in [6.07, 6.45) is 9.68. The molecule has 1 aromatic rings. The molecule has 0 aromatic heterocycles. The summed E-state index contributed by atoms with van der Waals surface area (Å²) in [5.74, 6) is -0.451. The number of allylic oxidation sites excluding steroid dienone is 1. The molecule has 0 heterocycles. The zero-order chi connectivity index (χ0) is 17.1. The van der Waals surface area contributed by atoms with E-state index in [1.54, 1.807) is 18.2 Å². The molecule has 1 aromatic carbocycles. The minimum absolute atomic E-state index is 0.220. The van der Waals surface area contributed by atoms with E-state index in [2.05, 4.69) is 40.8 Å². The number of ketones is 1. The number of thiol groups is 1. The molecule has 1 rings (SSSR count). The zero-order valence-electron chi connectivity index (χ0n) is 13.5. The van der Waals surface area contributed by atoms with Crippen LogP contribution >= 0.6 is 28.6 Å². The second kappa shape index (κ2) is 11.5. The minimum atomic E-state index is -0.231. The van der Waals surface area contributed by atoms with Crippen LogP contribution in [-0.2, 0) is 4.79 Å². The van der Waals surface area contributed by atoms with Gasteiger partial charge in [-0.3, -0.25) is 9.59 Å². The van der Waals surface area contributed by atoms with Crippen LogP contribution < -0.4 is 5.32 Å². The first-order valence-corrected chi connectivity index (χ1v) is 9.28. The molecule has 0 atom stereocenters. The molecular weight excluding hydrogens is 374 g/mol. The highest BCUT2D eigenvalue weighted by Gasteiger charge is 2.09. The van der Waals surface area contributed by atoms with Gasteiger partial charge in [0.25, 0.3) is 0 Å². The van der Waals surface area contributed by atoms with Crippen LogP contribution in [0.5, 0.6) is 0 Å². The molecule has 0 saturated carbocycles. The van der Waals surface area contributed by atoms with E-state index in [9.17, 15) is 9.59 Å². The fourth-order valence-electron chi connectivity index (χ4n) is 2.13. The Hall–Kier alpha value is -1.07. The van der Waals surface area contributed by atoms with Crippen LogP contribution in [0, 0.1) is 0 Å². The van der Waals surface area contributed by atoms with Gasteiger partial charge in [0.15, 0.2) is 5.78 Å². The molecule has 5 heteroatoms. The highest BCUT2D eigenvalue weighted by atomic mass is 79.9. The molecule has 23 heavy (non-hydrogen) atoms. The van der Waals surface area contributed by atoms with Gasteiger partial charge in [0.1, 0.15) is 0 Å². The van der Waals surface area contributed by atoms with Crippen LogP contribution in [0.2, 0.25) is 0 Å². The van der Waals surface area contributed by atoms with Crippen molar-refractivity contribution in [1.82, 2.24) is 5.32 Å². The van der Waals surface area contributed by atoms with E-state index in [0.29, 0.717) is 21.5 Å². The summed E-state index contributed by atoms with van der Waals surface area (Å²) in [6, 6.07) is 5.25. The Balaban J connectivity index is 2.32. The van der Waals surface area contributed by atoms with E-state index in [1.165, 1.54) is 37.8 Å². The largest absolute Gasteiger partial charge is 0.353 e. The first kappa shape index (κ1) is 20.0. The average molecular weight is 398 g/mol. The molecule has 1 N–H and O–H groups in total. The normalized spacial score (nSPS) is 10.9.